The van der Waals surface area contributed by atoms with Crippen LogP contribution in [0.1, 0.15) is 19.3 Å². The van der Waals surface area contributed by atoms with Gasteiger partial charge in [-0.15, -0.1) is 0 Å². The Morgan fingerprint density at radius 2 is 2.22 bits per heavy atom. The van der Waals surface area contributed by atoms with Crippen LogP contribution in [0.3, 0.4) is 0 Å². The fourth-order valence-electron chi connectivity index (χ4n) is 2.96. The monoisotopic (exact) mass is 253 g/mol. The maximum Gasteiger partial charge on any atom is 0.317 e. The molecule has 6 heteroatoms. The molecule has 3 heterocycles. The van der Waals surface area contributed by atoms with Crippen molar-refractivity contribution in [3.63, 3.8) is 0 Å². The number of hydrogen-bond acceptors (Lipinski definition) is 3. The van der Waals surface area contributed by atoms with Gasteiger partial charge in [-0.1, -0.05) is 0 Å². The van der Waals surface area contributed by atoms with E-state index in [0.29, 0.717) is 32.7 Å². The Balaban J connectivity index is 1.54. The molecular weight excluding hydrogens is 234 g/mol. The standard InChI is InChI=1S/C12H19N3O3/c16-11-2-1-10-7-14(4-5-15(10)11)12(17)13-9-3-6-18-8-9/h9-10H,1-8H2,(H,13,17). The Morgan fingerprint density at radius 1 is 1.33 bits per heavy atom. The van der Waals surface area contributed by atoms with Gasteiger partial charge >= 0.3 is 6.03 Å². The van der Waals surface area contributed by atoms with Gasteiger partial charge in [-0.3, -0.25) is 4.79 Å². The maximum absolute atomic E-state index is 12.1. The van der Waals surface area contributed by atoms with Crippen molar-refractivity contribution in [2.75, 3.05) is 32.8 Å². The molecule has 0 aromatic carbocycles. The molecule has 100 valence electrons. The minimum atomic E-state index is -0.00972. The van der Waals surface area contributed by atoms with Crippen LogP contribution in [0.25, 0.3) is 0 Å². The molecule has 0 radical (unpaired) electrons. The molecule has 0 saturated carbocycles. The van der Waals surface area contributed by atoms with Gasteiger partial charge in [0.05, 0.1) is 12.6 Å². The molecule has 0 aliphatic carbocycles. The molecule has 1 N–H and O–H groups in total. The summed E-state index contributed by atoms with van der Waals surface area (Å²) in [6.07, 6.45) is 2.42. The zero-order valence-electron chi connectivity index (χ0n) is 10.4. The number of carbonyl (C=O) groups excluding carboxylic acids is 2. The molecule has 3 rings (SSSR count). The Bertz CT molecular complexity index is 354. The highest BCUT2D eigenvalue weighted by Crippen LogP contribution is 2.22. The summed E-state index contributed by atoms with van der Waals surface area (Å²) < 4.78 is 5.24. The molecule has 0 aromatic rings. The highest BCUT2D eigenvalue weighted by atomic mass is 16.5. The third-order valence-electron chi connectivity index (χ3n) is 4.04. The minimum Gasteiger partial charge on any atom is -0.379 e. The minimum absolute atomic E-state index is 0.00972. The van der Waals surface area contributed by atoms with Crippen LogP contribution in [0.15, 0.2) is 0 Å². The van der Waals surface area contributed by atoms with Gasteiger partial charge in [0.2, 0.25) is 5.91 Å². The lowest BCUT2D eigenvalue weighted by molar-refractivity contribution is -0.130. The SMILES string of the molecule is O=C(NC1CCOC1)N1CCN2C(=O)CCC2C1. The van der Waals surface area contributed by atoms with Crippen LogP contribution < -0.4 is 5.32 Å². The highest BCUT2D eigenvalue weighted by Gasteiger charge is 2.37. The normalized spacial score (nSPS) is 31.7. The third-order valence-corrected chi connectivity index (χ3v) is 4.04. The molecule has 0 spiro atoms. The second-order valence-corrected chi connectivity index (χ2v) is 5.24. The van der Waals surface area contributed by atoms with Crippen LogP contribution >= 0.6 is 0 Å². The summed E-state index contributed by atoms with van der Waals surface area (Å²) in [6.45, 7) is 3.34. The second kappa shape index (κ2) is 4.76. The van der Waals surface area contributed by atoms with Crippen LogP contribution in [-0.4, -0.2) is 66.7 Å². The van der Waals surface area contributed by atoms with Gasteiger partial charge in [-0.2, -0.15) is 0 Å². The first-order valence-electron chi connectivity index (χ1n) is 6.66. The predicted molar refractivity (Wildman–Crippen MR) is 64.1 cm³/mol. The van der Waals surface area contributed by atoms with Crippen molar-refractivity contribution in [2.24, 2.45) is 0 Å². The van der Waals surface area contributed by atoms with Gasteiger partial charge in [-0.05, 0) is 12.8 Å². The summed E-state index contributed by atoms with van der Waals surface area (Å²) >= 11 is 0. The summed E-state index contributed by atoms with van der Waals surface area (Å²) in [4.78, 5) is 27.4. The first-order chi connectivity index (χ1) is 8.74. The van der Waals surface area contributed by atoms with Crippen molar-refractivity contribution < 1.29 is 14.3 Å². The number of piperazine rings is 1. The van der Waals surface area contributed by atoms with E-state index in [1.807, 2.05) is 9.80 Å². The fourth-order valence-corrected chi connectivity index (χ4v) is 2.96. The van der Waals surface area contributed by atoms with Crippen LogP contribution in [0.5, 0.6) is 0 Å². The van der Waals surface area contributed by atoms with Crippen molar-refractivity contribution in [1.82, 2.24) is 15.1 Å². The summed E-state index contributed by atoms with van der Waals surface area (Å²) in [6, 6.07) is 0.377. The smallest absolute Gasteiger partial charge is 0.317 e. The van der Waals surface area contributed by atoms with E-state index in [1.54, 1.807) is 0 Å². The van der Waals surface area contributed by atoms with E-state index in [1.165, 1.54) is 0 Å². The van der Waals surface area contributed by atoms with E-state index in [4.69, 9.17) is 4.74 Å². The molecule has 0 aromatic heterocycles. The van der Waals surface area contributed by atoms with Gasteiger partial charge in [0, 0.05) is 38.7 Å². The largest absolute Gasteiger partial charge is 0.379 e. The Hall–Kier alpha value is -1.30. The Kier molecular flexibility index (Phi) is 3.11. The van der Waals surface area contributed by atoms with Crippen molar-refractivity contribution in [3.8, 4) is 0 Å². The number of fused-ring (bicyclic) bond motifs is 1. The topological polar surface area (TPSA) is 61.9 Å². The fraction of sp³-hybridized carbons (Fsp3) is 0.833. The van der Waals surface area contributed by atoms with E-state index in [2.05, 4.69) is 5.32 Å². The van der Waals surface area contributed by atoms with Gasteiger partial charge in [0.25, 0.3) is 0 Å². The summed E-state index contributed by atoms with van der Waals surface area (Å²) in [7, 11) is 0. The van der Waals surface area contributed by atoms with Crippen molar-refractivity contribution in [1.29, 1.82) is 0 Å². The van der Waals surface area contributed by atoms with Gasteiger partial charge in [0.1, 0.15) is 0 Å². The molecule has 3 saturated heterocycles. The average Bonchev–Trinajstić information content (AvgIpc) is 2.99. The van der Waals surface area contributed by atoms with E-state index in [9.17, 15) is 9.59 Å². The zero-order valence-corrected chi connectivity index (χ0v) is 10.4. The predicted octanol–water partition coefficient (Wildman–Crippen LogP) is -0.208. The zero-order chi connectivity index (χ0) is 12.5. The third kappa shape index (κ3) is 2.16. The van der Waals surface area contributed by atoms with Crippen molar-refractivity contribution >= 4 is 11.9 Å². The van der Waals surface area contributed by atoms with Crippen LogP contribution in [0.4, 0.5) is 4.79 Å². The summed E-state index contributed by atoms with van der Waals surface area (Å²) in [5.41, 5.74) is 0. The van der Waals surface area contributed by atoms with E-state index in [-0.39, 0.29) is 24.0 Å². The number of nitrogens with zero attached hydrogens (tertiary/aromatic N) is 2. The number of amides is 3. The molecule has 18 heavy (non-hydrogen) atoms. The number of ether oxygens (including phenoxy) is 1. The molecule has 3 aliphatic rings. The van der Waals surface area contributed by atoms with E-state index in [0.717, 1.165) is 19.4 Å². The van der Waals surface area contributed by atoms with E-state index >= 15 is 0 Å². The Morgan fingerprint density at radius 3 is 3.00 bits per heavy atom. The molecule has 3 amide bonds. The highest BCUT2D eigenvalue weighted by molar-refractivity contribution is 5.80. The van der Waals surface area contributed by atoms with Crippen molar-refractivity contribution in [2.45, 2.75) is 31.3 Å². The molecule has 6 nitrogen and oxygen atoms in total. The number of urea groups is 1. The number of carbonyl (C=O) groups is 2. The van der Waals surface area contributed by atoms with Crippen LogP contribution in [0.2, 0.25) is 0 Å². The van der Waals surface area contributed by atoms with E-state index < -0.39 is 0 Å². The van der Waals surface area contributed by atoms with Gasteiger partial charge in [-0.25, -0.2) is 4.79 Å². The number of nitrogens with one attached hydrogen (secondary N) is 1. The average molecular weight is 253 g/mol. The first kappa shape index (κ1) is 11.8. The van der Waals surface area contributed by atoms with Crippen LogP contribution in [-0.2, 0) is 9.53 Å². The first-order valence-corrected chi connectivity index (χ1v) is 6.66. The summed E-state index contributed by atoms with van der Waals surface area (Å²) in [5.74, 6) is 0.240. The molecule has 2 unspecified atom stereocenters. The second-order valence-electron chi connectivity index (χ2n) is 5.24. The quantitative estimate of drug-likeness (QED) is 0.703. The lowest BCUT2D eigenvalue weighted by Crippen LogP contribution is -2.56. The van der Waals surface area contributed by atoms with Crippen molar-refractivity contribution in [3.05, 3.63) is 0 Å². The van der Waals surface area contributed by atoms with Gasteiger partial charge < -0.3 is 19.9 Å². The molecule has 2 atom stereocenters. The Labute approximate surface area is 106 Å². The summed E-state index contributed by atoms with van der Waals surface area (Å²) in [5, 5.41) is 3.00. The lowest BCUT2D eigenvalue weighted by atomic mass is 10.1. The maximum atomic E-state index is 12.1. The molecular formula is C12H19N3O3. The molecule has 3 aliphatic heterocycles. The number of rotatable bonds is 1. The van der Waals surface area contributed by atoms with Gasteiger partial charge in [0.15, 0.2) is 0 Å². The number of hydrogen-bond donors (Lipinski definition) is 1. The molecule has 3 fully saturated rings. The lowest BCUT2D eigenvalue weighted by Gasteiger charge is -2.37. The molecule has 0 bridgehead atoms. The van der Waals surface area contributed by atoms with Crippen LogP contribution in [0, 0.1) is 0 Å².